The van der Waals surface area contributed by atoms with Gasteiger partial charge in [-0.25, -0.2) is 4.98 Å². The minimum absolute atomic E-state index is 0.0261. The predicted octanol–water partition coefficient (Wildman–Crippen LogP) is 3.07. The van der Waals surface area contributed by atoms with Crippen molar-refractivity contribution in [2.75, 3.05) is 13.1 Å². The van der Waals surface area contributed by atoms with Crippen molar-refractivity contribution < 1.29 is 9.53 Å². The van der Waals surface area contributed by atoms with Crippen LogP contribution in [0.2, 0.25) is 5.15 Å². The minimum atomic E-state index is -0.358. The third kappa shape index (κ3) is 3.49. The van der Waals surface area contributed by atoms with E-state index >= 15 is 0 Å². The molecule has 5 heteroatoms. The van der Waals surface area contributed by atoms with E-state index in [1.807, 2.05) is 39.5 Å². The third-order valence-electron chi connectivity index (χ3n) is 3.15. The number of carbonyl (C=O) groups is 1. The molecule has 0 bridgehead atoms. The number of amides is 1. The SMILES string of the molecule is Cc1cc(C(=O)N2CC(C)(C)OC(C)(C)C2)cc(Cl)n1. The predicted molar refractivity (Wildman–Crippen MR) is 79.1 cm³/mol. The van der Waals surface area contributed by atoms with Gasteiger partial charge in [-0.3, -0.25) is 4.79 Å². The zero-order valence-corrected chi connectivity index (χ0v) is 13.4. The van der Waals surface area contributed by atoms with Gasteiger partial charge < -0.3 is 9.64 Å². The molecule has 0 spiro atoms. The molecule has 2 rings (SSSR count). The Morgan fingerprint density at radius 3 is 2.30 bits per heavy atom. The van der Waals surface area contributed by atoms with Gasteiger partial charge in [0.05, 0.1) is 11.2 Å². The van der Waals surface area contributed by atoms with Gasteiger partial charge in [0, 0.05) is 24.3 Å². The molecule has 0 saturated carbocycles. The summed E-state index contributed by atoms with van der Waals surface area (Å²) < 4.78 is 5.99. The van der Waals surface area contributed by atoms with Crippen LogP contribution < -0.4 is 0 Å². The Balaban J connectivity index is 2.28. The Morgan fingerprint density at radius 1 is 1.25 bits per heavy atom. The summed E-state index contributed by atoms with van der Waals surface area (Å²) in [6, 6.07) is 3.38. The number of aromatic nitrogens is 1. The highest BCUT2D eigenvalue weighted by Crippen LogP contribution is 2.29. The first-order valence-electron chi connectivity index (χ1n) is 6.72. The summed E-state index contributed by atoms with van der Waals surface area (Å²) in [5, 5.41) is 0.347. The second-order valence-electron chi connectivity index (χ2n) is 6.60. The van der Waals surface area contributed by atoms with Gasteiger partial charge in [0.25, 0.3) is 5.91 Å². The van der Waals surface area contributed by atoms with E-state index in [0.717, 1.165) is 5.69 Å². The van der Waals surface area contributed by atoms with Crippen LogP contribution in [-0.2, 0) is 4.74 Å². The second-order valence-corrected chi connectivity index (χ2v) is 6.99. The fourth-order valence-electron chi connectivity index (χ4n) is 2.87. The standard InChI is InChI=1S/C15H21ClN2O2/c1-10-6-11(7-12(16)17-10)13(19)18-8-14(2,3)20-15(4,5)9-18/h6-7H,8-9H2,1-5H3. The maximum atomic E-state index is 12.7. The van der Waals surface area contributed by atoms with Crippen molar-refractivity contribution in [2.45, 2.75) is 45.8 Å². The molecule has 0 aliphatic carbocycles. The molecule has 1 amide bonds. The van der Waals surface area contributed by atoms with Gasteiger partial charge in [-0.05, 0) is 46.8 Å². The van der Waals surface area contributed by atoms with Crippen LogP contribution in [0.15, 0.2) is 12.1 Å². The number of aryl methyl sites for hydroxylation is 1. The Hall–Kier alpha value is -1.13. The maximum absolute atomic E-state index is 12.7. The Morgan fingerprint density at radius 2 is 1.80 bits per heavy atom. The second kappa shape index (κ2) is 5.01. The van der Waals surface area contributed by atoms with Gasteiger partial charge in [-0.15, -0.1) is 0 Å². The lowest BCUT2D eigenvalue weighted by molar-refractivity contribution is -0.171. The zero-order chi connectivity index (χ0) is 15.1. The fourth-order valence-corrected chi connectivity index (χ4v) is 3.12. The topological polar surface area (TPSA) is 42.4 Å². The Kier molecular flexibility index (Phi) is 3.82. The molecule has 20 heavy (non-hydrogen) atoms. The average Bonchev–Trinajstić information content (AvgIpc) is 2.22. The smallest absolute Gasteiger partial charge is 0.254 e. The molecule has 0 N–H and O–H groups in total. The van der Waals surface area contributed by atoms with Crippen molar-refractivity contribution in [1.82, 2.24) is 9.88 Å². The molecule has 1 saturated heterocycles. The van der Waals surface area contributed by atoms with E-state index in [1.54, 1.807) is 12.1 Å². The first kappa shape index (κ1) is 15.3. The summed E-state index contributed by atoms with van der Waals surface area (Å²) in [4.78, 5) is 18.6. The molecule has 1 aromatic heterocycles. The summed E-state index contributed by atoms with van der Waals surface area (Å²) in [5.74, 6) is -0.0261. The van der Waals surface area contributed by atoms with Crippen molar-refractivity contribution in [3.63, 3.8) is 0 Å². The first-order chi connectivity index (χ1) is 9.08. The van der Waals surface area contributed by atoms with E-state index in [2.05, 4.69) is 4.98 Å². The molecule has 1 aromatic rings. The van der Waals surface area contributed by atoms with Crippen LogP contribution >= 0.6 is 11.6 Å². The summed E-state index contributed by atoms with van der Waals surface area (Å²) in [6.07, 6.45) is 0. The van der Waals surface area contributed by atoms with Crippen molar-refractivity contribution in [2.24, 2.45) is 0 Å². The molecule has 110 valence electrons. The minimum Gasteiger partial charge on any atom is -0.366 e. The van der Waals surface area contributed by atoms with Crippen LogP contribution in [0.5, 0.6) is 0 Å². The molecule has 0 radical (unpaired) electrons. The van der Waals surface area contributed by atoms with Crippen LogP contribution in [0.25, 0.3) is 0 Å². The summed E-state index contributed by atoms with van der Waals surface area (Å²) >= 11 is 5.94. The summed E-state index contributed by atoms with van der Waals surface area (Å²) in [6.45, 7) is 11.0. The van der Waals surface area contributed by atoms with Gasteiger partial charge in [-0.2, -0.15) is 0 Å². The molecule has 0 aromatic carbocycles. The van der Waals surface area contributed by atoms with E-state index in [0.29, 0.717) is 23.8 Å². The molecule has 2 heterocycles. The quantitative estimate of drug-likeness (QED) is 0.748. The lowest BCUT2D eigenvalue weighted by Gasteiger charge is -2.47. The van der Waals surface area contributed by atoms with E-state index in [4.69, 9.17) is 16.3 Å². The Labute approximate surface area is 125 Å². The van der Waals surface area contributed by atoms with Gasteiger partial charge in [0.1, 0.15) is 5.15 Å². The normalized spacial score (nSPS) is 20.8. The first-order valence-corrected chi connectivity index (χ1v) is 7.09. The van der Waals surface area contributed by atoms with Gasteiger partial charge >= 0.3 is 0 Å². The maximum Gasteiger partial charge on any atom is 0.254 e. The number of hydrogen-bond donors (Lipinski definition) is 0. The number of ether oxygens (including phenoxy) is 1. The van der Waals surface area contributed by atoms with Gasteiger partial charge in [0.2, 0.25) is 0 Å². The van der Waals surface area contributed by atoms with Gasteiger partial charge in [0.15, 0.2) is 0 Å². The van der Waals surface area contributed by atoms with E-state index < -0.39 is 0 Å². The molecular weight excluding hydrogens is 276 g/mol. The average molecular weight is 297 g/mol. The number of halogens is 1. The van der Waals surface area contributed by atoms with E-state index in [1.165, 1.54) is 0 Å². The number of rotatable bonds is 1. The Bertz CT molecular complexity index is 504. The third-order valence-corrected chi connectivity index (χ3v) is 3.35. The monoisotopic (exact) mass is 296 g/mol. The lowest BCUT2D eigenvalue weighted by Crippen LogP contribution is -2.58. The highest BCUT2D eigenvalue weighted by atomic mass is 35.5. The molecule has 1 aliphatic heterocycles. The van der Waals surface area contributed by atoms with Crippen LogP contribution in [0.3, 0.4) is 0 Å². The number of nitrogens with zero attached hydrogens (tertiary/aromatic N) is 2. The number of morpholine rings is 1. The molecule has 4 nitrogen and oxygen atoms in total. The highest BCUT2D eigenvalue weighted by molar-refractivity contribution is 6.29. The molecule has 0 atom stereocenters. The lowest BCUT2D eigenvalue weighted by atomic mass is 9.98. The number of carbonyl (C=O) groups excluding carboxylic acids is 1. The van der Waals surface area contributed by atoms with Crippen molar-refractivity contribution >= 4 is 17.5 Å². The molecule has 1 aliphatic rings. The van der Waals surface area contributed by atoms with Crippen LogP contribution in [0.4, 0.5) is 0 Å². The molecule has 1 fully saturated rings. The largest absolute Gasteiger partial charge is 0.366 e. The van der Waals surface area contributed by atoms with Crippen molar-refractivity contribution in [3.8, 4) is 0 Å². The van der Waals surface area contributed by atoms with E-state index in [-0.39, 0.29) is 17.1 Å². The van der Waals surface area contributed by atoms with Crippen molar-refractivity contribution in [1.29, 1.82) is 0 Å². The summed E-state index contributed by atoms with van der Waals surface area (Å²) in [5.41, 5.74) is 0.607. The van der Waals surface area contributed by atoms with Crippen LogP contribution in [0.1, 0.15) is 43.7 Å². The fraction of sp³-hybridized carbons (Fsp3) is 0.600. The zero-order valence-electron chi connectivity index (χ0n) is 12.7. The summed E-state index contributed by atoms with van der Waals surface area (Å²) in [7, 11) is 0. The van der Waals surface area contributed by atoms with Gasteiger partial charge in [-0.1, -0.05) is 11.6 Å². The van der Waals surface area contributed by atoms with E-state index in [9.17, 15) is 4.79 Å². The van der Waals surface area contributed by atoms with Crippen LogP contribution in [-0.4, -0.2) is 40.1 Å². The van der Waals surface area contributed by atoms with Crippen molar-refractivity contribution in [3.05, 3.63) is 28.5 Å². The molecular formula is C15H21ClN2O2. The molecule has 0 unspecified atom stereocenters. The highest BCUT2D eigenvalue weighted by Gasteiger charge is 2.40. The number of pyridine rings is 1. The number of hydrogen-bond acceptors (Lipinski definition) is 3. The van der Waals surface area contributed by atoms with Crippen LogP contribution in [0, 0.1) is 6.92 Å².